The fourth-order valence-electron chi connectivity index (χ4n) is 3.23. The van der Waals surface area contributed by atoms with Crippen molar-refractivity contribution in [1.82, 2.24) is 0 Å². The molecule has 1 unspecified atom stereocenters. The van der Waals surface area contributed by atoms with Crippen LogP contribution >= 0.6 is 0 Å². The largest absolute Gasteiger partial charge is 0.110 e. The lowest BCUT2D eigenvalue weighted by Gasteiger charge is -2.45. The normalized spacial score (nSPS) is 24.8. The molecule has 0 aromatic rings. The van der Waals surface area contributed by atoms with E-state index in [1.54, 1.807) is 0 Å². The second kappa shape index (κ2) is 4.72. The zero-order valence-electron chi connectivity index (χ0n) is 10.7. The summed E-state index contributed by atoms with van der Waals surface area (Å²) in [7, 11) is 2.54. The molecule has 0 aromatic carbocycles. The van der Waals surface area contributed by atoms with Crippen molar-refractivity contribution in [2.45, 2.75) is 77.5 Å². The molecule has 82 valence electrons. The standard InChI is InChI=1S/C13H27B/c1-4-6-9-12(3,5-2)13(14)10-7-8-11-13/h4-11,14H2,1-3H3. The van der Waals surface area contributed by atoms with Gasteiger partial charge in [0, 0.05) is 0 Å². The quantitative estimate of drug-likeness (QED) is 0.581. The van der Waals surface area contributed by atoms with Crippen molar-refractivity contribution < 1.29 is 0 Å². The molecule has 1 fully saturated rings. The lowest BCUT2D eigenvalue weighted by Crippen LogP contribution is -2.32. The monoisotopic (exact) mass is 194 g/mol. The Labute approximate surface area is 91.3 Å². The summed E-state index contributed by atoms with van der Waals surface area (Å²) in [5.74, 6) is 0. The number of hydrogen-bond donors (Lipinski definition) is 0. The Balaban J connectivity index is 2.66. The molecule has 0 aromatic heterocycles. The molecule has 0 saturated heterocycles. The van der Waals surface area contributed by atoms with E-state index < -0.39 is 0 Å². The van der Waals surface area contributed by atoms with Gasteiger partial charge in [0.1, 0.15) is 7.85 Å². The first-order chi connectivity index (χ1) is 6.58. The van der Waals surface area contributed by atoms with E-state index in [0.717, 1.165) is 0 Å². The molecule has 14 heavy (non-hydrogen) atoms. The first-order valence-corrected chi connectivity index (χ1v) is 6.58. The Morgan fingerprint density at radius 1 is 1.21 bits per heavy atom. The van der Waals surface area contributed by atoms with Crippen LogP contribution in [0.2, 0.25) is 5.31 Å². The maximum absolute atomic E-state index is 2.54. The van der Waals surface area contributed by atoms with E-state index in [0.29, 0.717) is 10.7 Å². The van der Waals surface area contributed by atoms with Gasteiger partial charge in [-0.1, -0.05) is 71.0 Å². The maximum atomic E-state index is 2.54. The minimum Gasteiger partial charge on any atom is -0.0654 e. The Hall–Kier alpha value is 0.0649. The lowest BCUT2D eigenvalue weighted by atomic mass is 9.49. The summed E-state index contributed by atoms with van der Waals surface area (Å²) < 4.78 is 0. The van der Waals surface area contributed by atoms with Gasteiger partial charge < -0.3 is 0 Å². The van der Waals surface area contributed by atoms with Crippen molar-refractivity contribution >= 4 is 7.85 Å². The predicted octanol–water partition coefficient (Wildman–Crippen LogP) is 3.96. The third-order valence-corrected chi connectivity index (χ3v) is 5.03. The molecule has 0 radical (unpaired) electrons. The van der Waals surface area contributed by atoms with E-state index in [4.69, 9.17) is 0 Å². The van der Waals surface area contributed by atoms with Gasteiger partial charge in [-0.05, 0) is 11.8 Å². The minimum absolute atomic E-state index is 0.611. The van der Waals surface area contributed by atoms with Crippen LogP contribution in [0.1, 0.15) is 72.1 Å². The molecule has 0 nitrogen and oxygen atoms in total. The summed E-state index contributed by atoms with van der Waals surface area (Å²) >= 11 is 0. The highest BCUT2D eigenvalue weighted by atomic mass is 14.4. The molecule has 0 aliphatic heterocycles. The van der Waals surface area contributed by atoms with E-state index in [1.807, 2.05) is 0 Å². The van der Waals surface area contributed by atoms with Gasteiger partial charge in [0.25, 0.3) is 0 Å². The summed E-state index contributed by atoms with van der Waals surface area (Å²) in [5.41, 5.74) is 0.611. The van der Waals surface area contributed by atoms with Gasteiger partial charge in [0.15, 0.2) is 0 Å². The zero-order valence-corrected chi connectivity index (χ0v) is 10.7. The Kier molecular flexibility index (Phi) is 4.09. The fourth-order valence-corrected chi connectivity index (χ4v) is 3.23. The molecule has 1 heteroatoms. The molecule has 0 N–H and O–H groups in total. The van der Waals surface area contributed by atoms with Crippen LogP contribution in [0.3, 0.4) is 0 Å². The highest BCUT2D eigenvalue weighted by Crippen LogP contribution is 2.58. The molecule has 0 heterocycles. The third kappa shape index (κ3) is 2.17. The van der Waals surface area contributed by atoms with Crippen LogP contribution in [0.15, 0.2) is 0 Å². The van der Waals surface area contributed by atoms with Gasteiger partial charge in [0.05, 0.1) is 0 Å². The SMILES string of the molecule is BC1(C(C)(CC)CCCC)CCCC1. The van der Waals surface area contributed by atoms with Crippen LogP contribution < -0.4 is 0 Å². The molecular formula is C13H27B. The van der Waals surface area contributed by atoms with Crippen molar-refractivity contribution in [2.24, 2.45) is 5.41 Å². The third-order valence-electron chi connectivity index (χ3n) is 5.03. The average molecular weight is 194 g/mol. The van der Waals surface area contributed by atoms with E-state index in [-0.39, 0.29) is 0 Å². The topological polar surface area (TPSA) is 0 Å². The van der Waals surface area contributed by atoms with E-state index in [1.165, 1.54) is 51.4 Å². The van der Waals surface area contributed by atoms with Crippen LogP contribution in [0.4, 0.5) is 0 Å². The summed E-state index contributed by atoms with van der Waals surface area (Å²) in [5, 5.41) is 0.650. The summed E-state index contributed by atoms with van der Waals surface area (Å²) in [6.45, 7) is 7.24. The zero-order chi connectivity index (χ0) is 10.7. The van der Waals surface area contributed by atoms with E-state index >= 15 is 0 Å². The second-order valence-electron chi connectivity index (χ2n) is 5.79. The average Bonchev–Trinajstić information content (AvgIpc) is 2.63. The van der Waals surface area contributed by atoms with Crippen LogP contribution in [0.25, 0.3) is 0 Å². The van der Waals surface area contributed by atoms with Crippen LogP contribution in [0, 0.1) is 5.41 Å². The molecule has 1 rings (SSSR count). The Bertz CT molecular complexity index is 170. The molecule has 1 aliphatic rings. The summed E-state index contributed by atoms with van der Waals surface area (Å²) in [4.78, 5) is 0. The second-order valence-corrected chi connectivity index (χ2v) is 5.79. The van der Waals surface area contributed by atoms with Crippen molar-refractivity contribution in [3.05, 3.63) is 0 Å². The highest BCUT2D eigenvalue weighted by Gasteiger charge is 2.43. The van der Waals surface area contributed by atoms with Gasteiger partial charge in [0.2, 0.25) is 0 Å². The van der Waals surface area contributed by atoms with Crippen molar-refractivity contribution in [3.8, 4) is 0 Å². The summed E-state index contributed by atoms with van der Waals surface area (Å²) in [6.07, 6.45) is 11.5. The maximum Gasteiger partial charge on any atom is 0.110 e. The van der Waals surface area contributed by atoms with Crippen molar-refractivity contribution in [2.75, 3.05) is 0 Å². The van der Waals surface area contributed by atoms with Crippen LogP contribution in [0.5, 0.6) is 0 Å². The van der Waals surface area contributed by atoms with Gasteiger partial charge in [-0.25, -0.2) is 0 Å². The predicted molar refractivity (Wildman–Crippen MR) is 67.6 cm³/mol. The van der Waals surface area contributed by atoms with Gasteiger partial charge in [-0.3, -0.25) is 0 Å². The lowest BCUT2D eigenvalue weighted by molar-refractivity contribution is 0.176. The van der Waals surface area contributed by atoms with Gasteiger partial charge in [-0.15, -0.1) is 0 Å². The minimum atomic E-state index is 0.611. The molecule has 1 saturated carbocycles. The summed E-state index contributed by atoms with van der Waals surface area (Å²) in [6, 6.07) is 0. The number of rotatable bonds is 5. The first kappa shape index (κ1) is 12.1. The Morgan fingerprint density at radius 2 is 1.79 bits per heavy atom. The molecular weight excluding hydrogens is 167 g/mol. The fraction of sp³-hybridized carbons (Fsp3) is 1.00. The highest BCUT2D eigenvalue weighted by molar-refractivity contribution is 6.16. The van der Waals surface area contributed by atoms with Gasteiger partial charge in [-0.2, -0.15) is 0 Å². The van der Waals surface area contributed by atoms with E-state index in [9.17, 15) is 0 Å². The molecule has 1 aliphatic carbocycles. The Morgan fingerprint density at radius 3 is 2.21 bits per heavy atom. The van der Waals surface area contributed by atoms with E-state index in [2.05, 4.69) is 28.6 Å². The molecule has 0 bridgehead atoms. The molecule has 1 atom stereocenters. The first-order valence-electron chi connectivity index (χ1n) is 6.58. The van der Waals surface area contributed by atoms with Crippen LogP contribution in [-0.4, -0.2) is 7.85 Å². The molecule has 0 spiro atoms. The van der Waals surface area contributed by atoms with Crippen LogP contribution in [-0.2, 0) is 0 Å². The molecule has 0 amide bonds. The van der Waals surface area contributed by atoms with Crippen molar-refractivity contribution in [3.63, 3.8) is 0 Å². The smallest absolute Gasteiger partial charge is 0.0654 e. The van der Waals surface area contributed by atoms with Crippen molar-refractivity contribution in [1.29, 1.82) is 0 Å². The van der Waals surface area contributed by atoms with Gasteiger partial charge >= 0.3 is 0 Å². The number of unbranched alkanes of at least 4 members (excludes halogenated alkanes) is 1. The number of hydrogen-bond acceptors (Lipinski definition) is 0.